The van der Waals surface area contributed by atoms with Crippen molar-refractivity contribution in [2.75, 3.05) is 14.2 Å². The van der Waals surface area contributed by atoms with E-state index < -0.39 is 5.97 Å². The second kappa shape index (κ2) is 5.54. The highest BCUT2D eigenvalue weighted by molar-refractivity contribution is 9.10. The number of hydrogen-bond donors (Lipinski definition) is 1. The number of halogens is 1. The smallest absolute Gasteiger partial charge is 0.374 e. The number of rotatable bonds is 4. The van der Waals surface area contributed by atoms with E-state index in [1.165, 1.54) is 13.2 Å². The third-order valence-electron chi connectivity index (χ3n) is 2.85. The number of methoxy groups -OCH3 is 2. The fourth-order valence-corrected chi connectivity index (χ4v) is 2.38. The molecule has 1 N–H and O–H groups in total. The molecule has 0 amide bonds. The van der Waals surface area contributed by atoms with Crippen molar-refractivity contribution in [1.82, 2.24) is 5.16 Å². The Kier molecular flexibility index (Phi) is 3.99. The molecule has 2 rings (SSSR count). The van der Waals surface area contributed by atoms with Gasteiger partial charge in [-0.3, -0.25) is 0 Å². The molecule has 2 aromatic rings. The van der Waals surface area contributed by atoms with E-state index in [0.717, 1.165) is 5.56 Å². The molecule has 0 aliphatic rings. The predicted octanol–water partition coefficient (Wildman–Crippen LogP) is 3.13. The maximum atomic E-state index is 10.8. The van der Waals surface area contributed by atoms with Crippen LogP contribution in [0.3, 0.4) is 0 Å². The van der Waals surface area contributed by atoms with Crippen LogP contribution in [0, 0.1) is 6.92 Å². The Labute approximate surface area is 123 Å². The van der Waals surface area contributed by atoms with Crippen molar-refractivity contribution in [1.29, 1.82) is 0 Å². The SMILES string of the molecule is COc1cc(-c2cc(C(=O)O)on2)c(C)c(Br)c1OC. The number of carbonyl (C=O) groups is 1. The average Bonchev–Trinajstić information content (AvgIpc) is 2.91. The lowest BCUT2D eigenvalue weighted by Gasteiger charge is -2.14. The highest BCUT2D eigenvalue weighted by Crippen LogP contribution is 2.42. The summed E-state index contributed by atoms with van der Waals surface area (Å²) < 4.78 is 16.0. The minimum absolute atomic E-state index is 0.217. The van der Waals surface area contributed by atoms with Crippen LogP contribution in [0.25, 0.3) is 11.3 Å². The molecule has 1 aromatic heterocycles. The third-order valence-corrected chi connectivity index (χ3v) is 3.81. The summed E-state index contributed by atoms with van der Waals surface area (Å²) in [6, 6.07) is 3.09. The van der Waals surface area contributed by atoms with Crippen LogP contribution < -0.4 is 9.47 Å². The van der Waals surface area contributed by atoms with Gasteiger partial charge < -0.3 is 19.1 Å². The van der Waals surface area contributed by atoms with E-state index >= 15 is 0 Å². The number of carboxylic acids is 1. The van der Waals surface area contributed by atoms with Crippen molar-refractivity contribution in [3.63, 3.8) is 0 Å². The zero-order valence-electron chi connectivity index (χ0n) is 11.1. The molecule has 0 aliphatic carbocycles. The van der Waals surface area contributed by atoms with Crippen molar-refractivity contribution in [2.45, 2.75) is 6.92 Å². The summed E-state index contributed by atoms with van der Waals surface area (Å²) in [5, 5.41) is 12.6. The van der Waals surface area contributed by atoms with Crippen LogP contribution in [0.5, 0.6) is 11.5 Å². The number of hydrogen-bond acceptors (Lipinski definition) is 5. The molecular formula is C13H12BrNO5. The summed E-state index contributed by atoms with van der Waals surface area (Å²) in [6.45, 7) is 1.86. The van der Waals surface area contributed by atoms with Gasteiger partial charge in [-0.2, -0.15) is 0 Å². The summed E-state index contributed by atoms with van der Waals surface area (Å²) in [5.41, 5.74) is 1.96. The lowest BCUT2D eigenvalue weighted by atomic mass is 10.0. The molecule has 0 aliphatic heterocycles. The monoisotopic (exact) mass is 341 g/mol. The number of benzene rings is 1. The topological polar surface area (TPSA) is 81.8 Å². The van der Waals surface area contributed by atoms with Crippen molar-refractivity contribution >= 4 is 21.9 Å². The molecule has 0 radical (unpaired) electrons. The lowest BCUT2D eigenvalue weighted by molar-refractivity contribution is 0.0652. The van der Waals surface area contributed by atoms with Crippen LogP contribution in [0.4, 0.5) is 0 Å². The molecule has 6 nitrogen and oxygen atoms in total. The fraction of sp³-hybridized carbons (Fsp3) is 0.231. The molecule has 106 valence electrons. The molecule has 0 unspecified atom stereocenters. The Morgan fingerprint density at radius 3 is 2.55 bits per heavy atom. The first-order chi connectivity index (χ1) is 9.49. The second-order valence-electron chi connectivity index (χ2n) is 3.98. The minimum atomic E-state index is -1.17. The van der Waals surface area contributed by atoms with E-state index in [0.29, 0.717) is 27.2 Å². The van der Waals surface area contributed by atoms with Gasteiger partial charge in [0, 0.05) is 11.6 Å². The van der Waals surface area contributed by atoms with Crippen molar-refractivity contribution in [3.05, 3.63) is 27.9 Å². The molecule has 0 saturated carbocycles. The van der Waals surface area contributed by atoms with Crippen LogP contribution in [0.1, 0.15) is 16.1 Å². The largest absolute Gasteiger partial charge is 0.493 e. The fourth-order valence-electron chi connectivity index (χ4n) is 1.81. The van der Waals surface area contributed by atoms with Gasteiger partial charge in [-0.05, 0) is 34.5 Å². The summed E-state index contributed by atoms with van der Waals surface area (Å²) in [6.07, 6.45) is 0. The van der Waals surface area contributed by atoms with E-state index in [2.05, 4.69) is 21.1 Å². The molecule has 1 heterocycles. The highest BCUT2D eigenvalue weighted by Gasteiger charge is 2.19. The molecular weight excluding hydrogens is 330 g/mol. The van der Waals surface area contributed by atoms with Gasteiger partial charge in [0.1, 0.15) is 5.69 Å². The molecule has 0 atom stereocenters. The van der Waals surface area contributed by atoms with Crippen LogP contribution in [0.15, 0.2) is 21.1 Å². The summed E-state index contributed by atoms with van der Waals surface area (Å²) in [7, 11) is 3.06. The maximum absolute atomic E-state index is 10.8. The average molecular weight is 342 g/mol. The minimum Gasteiger partial charge on any atom is -0.493 e. The van der Waals surface area contributed by atoms with Crippen LogP contribution >= 0.6 is 15.9 Å². The van der Waals surface area contributed by atoms with Crippen LogP contribution in [0.2, 0.25) is 0 Å². The van der Waals surface area contributed by atoms with E-state index in [1.807, 2.05) is 6.92 Å². The van der Waals surface area contributed by atoms with E-state index in [-0.39, 0.29) is 5.76 Å². The molecule has 0 spiro atoms. The molecule has 0 bridgehead atoms. The first-order valence-corrected chi connectivity index (χ1v) is 6.40. The molecule has 0 saturated heterocycles. The number of carboxylic acid groups (broad SMARTS) is 1. The first-order valence-electron chi connectivity index (χ1n) is 5.61. The Hall–Kier alpha value is -2.02. The number of nitrogens with zero attached hydrogens (tertiary/aromatic N) is 1. The lowest BCUT2D eigenvalue weighted by Crippen LogP contribution is -1.96. The van der Waals surface area contributed by atoms with Gasteiger partial charge in [0.25, 0.3) is 0 Å². The van der Waals surface area contributed by atoms with Crippen molar-refractivity contribution < 1.29 is 23.9 Å². The maximum Gasteiger partial charge on any atom is 0.374 e. The van der Waals surface area contributed by atoms with Crippen molar-refractivity contribution in [3.8, 4) is 22.8 Å². The van der Waals surface area contributed by atoms with Crippen LogP contribution in [-0.2, 0) is 0 Å². The van der Waals surface area contributed by atoms with Gasteiger partial charge in [-0.15, -0.1) is 0 Å². The molecule has 20 heavy (non-hydrogen) atoms. The van der Waals surface area contributed by atoms with Crippen molar-refractivity contribution in [2.24, 2.45) is 0 Å². The number of aromatic nitrogens is 1. The number of aromatic carboxylic acids is 1. The van der Waals surface area contributed by atoms with E-state index in [1.54, 1.807) is 13.2 Å². The number of ether oxygens (including phenoxy) is 2. The molecule has 0 fully saturated rings. The predicted molar refractivity (Wildman–Crippen MR) is 74.4 cm³/mol. The third kappa shape index (κ3) is 2.36. The van der Waals surface area contributed by atoms with E-state index in [4.69, 9.17) is 19.1 Å². The second-order valence-corrected chi connectivity index (χ2v) is 4.77. The van der Waals surface area contributed by atoms with Gasteiger partial charge in [-0.25, -0.2) is 4.79 Å². The zero-order valence-corrected chi connectivity index (χ0v) is 12.6. The summed E-state index contributed by atoms with van der Waals surface area (Å²) in [5.74, 6) is -0.304. The summed E-state index contributed by atoms with van der Waals surface area (Å²) in [4.78, 5) is 10.8. The van der Waals surface area contributed by atoms with Gasteiger partial charge in [0.2, 0.25) is 5.76 Å². The standard InChI is InChI=1S/C13H12BrNO5/c1-6-7(8-5-10(13(16)17)20-15-8)4-9(18-2)12(19-3)11(6)14/h4-5H,1-3H3,(H,16,17). The van der Waals surface area contributed by atoms with Gasteiger partial charge >= 0.3 is 5.97 Å². The Balaban J connectivity index is 2.61. The zero-order chi connectivity index (χ0) is 14.9. The van der Waals surface area contributed by atoms with E-state index in [9.17, 15) is 4.79 Å². The van der Waals surface area contributed by atoms with Crippen LogP contribution in [-0.4, -0.2) is 30.5 Å². The quantitative estimate of drug-likeness (QED) is 0.919. The Morgan fingerprint density at radius 2 is 2.05 bits per heavy atom. The van der Waals surface area contributed by atoms with Gasteiger partial charge in [0.15, 0.2) is 11.5 Å². The molecule has 7 heteroatoms. The molecule has 1 aromatic carbocycles. The normalized spacial score (nSPS) is 10.4. The van der Waals surface area contributed by atoms with Gasteiger partial charge in [0.05, 0.1) is 18.7 Å². The summed E-state index contributed by atoms with van der Waals surface area (Å²) >= 11 is 3.44. The van der Waals surface area contributed by atoms with Gasteiger partial charge in [-0.1, -0.05) is 5.16 Å². The highest BCUT2D eigenvalue weighted by atomic mass is 79.9. The first kappa shape index (κ1) is 14.4. The Bertz CT molecular complexity index is 665. The Morgan fingerprint density at radius 1 is 1.35 bits per heavy atom.